The van der Waals surface area contributed by atoms with Crippen LogP contribution in [0.15, 0.2) is 75.2 Å². The number of amides is 1. The number of thiophene rings is 1. The highest BCUT2D eigenvalue weighted by Crippen LogP contribution is 2.35. The number of furan rings is 1. The van der Waals surface area contributed by atoms with E-state index >= 15 is 0 Å². The van der Waals surface area contributed by atoms with Crippen LogP contribution in [0.1, 0.15) is 40.8 Å². The van der Waals surface area contributed by atoms with Gasteiger partial charge in [0.15, 0.2) is 0 Å². The van der Waals surface area contributed by atoms with Gasteiger partial charge in [-0.1, -0.05) is 48.5 Å². The molecule has 1 fully saturated rings. The summed E-state index contributed by atoms with van der Waals surface area (Å²) in [5, 5.41) is 6.40. The minimum Gasteiger partial charge on any atom is -0.467 e. The Labute approximate surface area is 197 Å². The number of carbonyl (C=O) groups excluding carboxylic acids is 1. The maximum Gasteiger partial charge on any atom is 0.264 e. The van der Waals surface area contributed by atoms with Crippen LogP contribution in [-0.2, 0) is 13.1 Å². The van der Waals surface area contributed by atoms with Crippen molar-refractivity contribution in [2.45, 2.75) is 32.9 Å². The number of carbonyl (C=O) groups is 1. The number of piperidine rings is 1. The molecule has 7 heteroatoms. The molecule has 0 radical (unpaired) electrons. The summed E-state index contributed by atoms with van der Waals surface area (Å²) in [7, 11) is 0. The van der Waals surface area contributed by atoms with Crippen LogP contribution in [0.2, 0.25) is 0 Å². The topological polar surface area (TPSA) is 62.7 Å². The van der Waals surface area contributed by atoms with Gasteiger partial charge in [-0.15, -0.1) is 11.3 Å². The van der Waals surface area contributed by atoms with E-state index in [1.807, 2.05) is 64.9 Å². The summed E-state index contributed by atoms with van der Waals surface area (Å²) in [6.45, 7) is 4.90. The van der Waals surface area contributed by atoms with Crippen molar-refractivity contribution < 1.29 is 13.7 Å². The molecule has 3 aromatic heterocycles. The lowest BCUT2D eigenvalue weighted by atomic mass is 9.98. The van der Waals surface area contributed by atoms with Crippen LogP contribution in [0.5, 0.6) is 0 Å². The van der Waals surface area contributed by atoms with Crippen LogP contribution in [0, 0.1) is 5.92 Å². The van der Waals surface area contributed by atoms with Gasteiger partial charge >= 0.3 is 0 Å². The lowest BCUT2D eigenvalue weighted by Gasteiger charge is -2.31. The van der Waals surface area contributed by atoms with Crippen LogP contribution in [0.4, 0.5) is 5.88 Å². The summed E-state index contributed by atoms with van der Waals surface area (Å²) in [4.78, 5) is 18.3. The molecule has 0 unspecified atom stereocenters. The molecular weight excluding hydrogens is 434 g/mol. The van der Waals surface area contributed by atoms with Crippen molar-refractivity contribution in [3.8, 4) is 11.3 Å². The fourth-order valence-corrected chi connectivity index (χ4v) is 4.95. The van der Waals surface area contributed by atoms with Gasteiger partial charge in [-0.25, -0.2) is 0 Å². The number of hydrogen-bond acceptors (Lipinski definition) is 6. The molecule has 0 spiro atoms. The molecule has 1 aliphatic rings. The molecule has 5 rings (SSSR count). The predicted octanol–water partition coefficient (Wildman–Crippen LogP) is 6.08. The Morgan fingerprint density at radius 1 is 1.09 bits per heavy atom. The summed E-state index contributed by atoms with van der Waals surface area (Å²) in [6, 6.07) is 17.5. The van der Waals surface area contributed by atoms with E-state index in [1.165, 1.54) is 11.3 Å². The third-order valence-electron chi connectivity index (χ3n) is 6.18. The van der Waals surface area contributed by atoms with Crippen LogP contribution in [-0.4, -0.2) is 29.1 Å². The van der Waals surface area contributed by atoms with E-state index in [0.717, 1.165) is 54.4 Å². The molecule has 0 N–H and O–H groups in total. The maximum absolute atomic E-state index is 13.5. The molecule has 170 valence electrons. The molecule has 1 aromatic carbocycles. The third-order valence-corrected chi connectivity index (χ3v) is 7.04. The van der Waals surface area contributed by atoms with Crippen molar-refractivity contribution in [1.29, 1.82) is 0 Å². The molecule has 6 nitrogen and oxygen atoms in total. The first-order valence-electron chi connectivity index (χ1n) is 11.3. The van der Waals surface area contributed by atoms with E-state index in [9.17, 15) is 4.79 Å². The largest absolute Gasteiger partial charge is 0.467 e. The van der Waals surface area contributed by atoms with Crippen molar-refractivity contribution in [3.63, 3.8) is 0 Å². The summed E-state index contributed by atoms with van der Waals surface area (Å²) >= 11 is 1.45. The quantitative estimate of drug-likeness (QED) is 0.334. The molecule has 1 saturated heterocycles. The van der Waals surface area contributed by atoms with Crippen molar-refractivity contribution in [3.05, 3.63) is 82.4 Å². The molecule has 33 heavy (non-hydrogen) atoms. The van der Waals surface area contributed by atoms with Gasteiger partial charge in [-0.3, -0.25) is 4.79 Å². The Kier molecular flexibility index (Phi) is 6.30. The molecule has 1 amide bonds. The fourth-order valence-electron chi connectivity index (χ4n) is 4.26. The van der Waals surface area contributed by atoms with Gasteiger partial charge in [-0.05, 0) is 42.3 Å². The number of anilines is 1. The number of hydrogen-bond donors (Lipinski definition) is 0. The molecule has 1 aliphatic heterocycles. The number of aromatic nitrogens is 1. The summed E-state index contributed by atoms with van der Waals surface area (Å²) in [5.41, 5.74) is 2.70. The average molecular weight is 462 g/mol. The number of benzene rings is 1. The summed E-state index contributed by atoms with van der Waals surface area (Å²) < 4.78 is 11.5. The first-order chi connectivity index (χ1) is 16.2. The van der Waals surface area contributed by atoms with Crippen molar-refractivity contribution in [1.82, 2.24) is 10.1 Å². The first kappa shape index (κ1) is 21.5. The van der Waals surface area contributed by atoms with Crippen LogP contribution < -0.4 is 4.90 Å². The van der Waals surface area contributed by atoms with Crippen LogP contribution in [0.3, 0.4) is 0 Å². The van der Waals surface area contributed by atoms with E-state index in [0.29, 0.717) is 23.9 Å². The SMILES string of the molecule is CC1CCN(c2onc(-c3ccccc3)c2CN(Cc2ccco2)C(=O)c2cccs2)CC1. The highest BCUT2D eigenvalue weighted by Gasteiger charge is 2.29. The molecule has 0 aliphatic carbocycles. The lowest BCUT2D eigenvalue weighted by Crippen LogP contribution is -2.34. The Morgan fingerprint density at radius 2 is 1.91 bits per heavy atom. The highest BCUT2D eigenvalue weighted by atomic mass is 32.1. The smallest absolute Gasteiger partial charge is 0.264 e. The van der Waals surface area contributed by atoms with Crippen molar-refractivity contribution in [2.24, 2.45) is 5.92 Å². The fraction of sp³-hybridized carbons (Fsp3) is 0.308. The van der Waals surface area contributed by atoms with Crippen molar-refractivity contribution >= 4 is 23.1 Å². The van der Waals surface area contributed by atoms with Gasteiger partial charge in [0.05, 0.1) is 29.8 Å². The zero-order valence-electron chi connectivity index (χ0n) is 18.6. The van der Waals surface area contributed by atoms with E-state index in [2.05, 4.69) is 17.0 Å². The highest BCUT2D eigenvalue weighted by molar-refractivity contribution is 7.12. The van der Waals surface area contributed by atoms with E-state index in [-0.39, 0.29) is 5.91 Å². The van der Waals surface area contributed by atoms with Gasteiger partial charge in [0.1, 0.15) is 11.5 Å². The van der Waals surface area contributed by atoms with Gasteiger partial charge in [0, 0.05) is 18.7 Å². The molecule has 4 aromatic rings. The Morgan fingerprint density at radius 3 is 2.61 bits per heavy atom. The van der Waals surface area contributed by atoms with E-state index in [4.69, 9.17) is 8.94 Å². The standard InChI is InChI=1S/C26H27N3O3S/c1-19-11-13-28(14-12-19)26-22(24(27-32-26)20-7-3-2-4-8-20)18-29(17-21-9-5-15-31-21)25(30)23-10-6-16-33-23/h2-10,15-16,19H,11-14,17-18H2,1H3. The lowest BCUT2D eigenvalue weighted by molar-refractivity contribution is 0.0723. The zero-order valence-corrected chi connectivity index (χ0v) is 19.5. The first-order valence-corrected chi connectivity index (χ1v) is 12.2. The molecule has 4 heterocycles. The number of rotatable bonds is 7. The molecule has 0 saturated carbocycles. The van der Waals surface area contributed by atoms with Gasteiger partial charge in [-0.2, -0.15) is 0 Å². The van der Waals surface area contributed by atoms with Gasteiger partial charge < -0.3 is 18.7 Å². The minimum atomic E-state index is -0.0279. The van der Waals surface area contributed by atoms with Crippen LogP contribution in [0.25, 0.3) is 11.3 Å². The Hall–Kier alpha value is -3.32. The molecule has 0 atom stereocenters. The second-order valence-electron chi connectivity index (χ2n) is 8.57. The average Bonchev–Trinajstić information content (AvgIpc) is 3.62. The van der Waals surface area contributed by atoms with Crippen LogP contribution >= 0.6 is 11.3 Å². The Balaban J connectivity index is 1.53. The molecular formula is C26H27N3O3S. The summed E-state index contributed by atoms with van der Waals surface area (Å²) in [6.07, 6.45) is 3.87. The summed E-state index contributed by atoms with van der Waals surface area (Å²) in [5.74, 6) is 2.19. The van der Waals surface area contributed by atoms with Gasteiger partial charge in [0.2, 0.25) is 5.88 Å². The predicted molar refractivity (Wildman–Crippen MR) is 129 cm³/mol. The minimum absolute atomic E-state index is 0.0279. The maximum atomic E-state index is 13.5. The van der Waals surface area contributed by atoms with E-state index in [1.54, 1.807) is 6.26 Å². The second-order valence-corrected chi connectivity index (χ2v) is 9.52. The third kappa shape index (κ3) is 4.73. The van der Waals surface area contributed by atoms with Crippen molar-refractivity contribution in [2.75, 3.05) is 18.0 Å². The van der Waals surface area contributed by atoms with E-state index < -0.39 is 0 Å². The monoisotopic (exact) mass is 461 g/mol. The normalized spacial score (nSPS) is 14.5. The second kappa shape index (κ2) is 9.67. The van der Waals surface area contributed by atoms with Gasteiger partial charge in [0.25, 0.3) is 5.91 Å². The number of nitrogens with zero attached hydrogens (tertiary/aromatic N) is 3. The Bertz CT molecular complexity index is 1160. The zero-order chi connectivity index (χ0) is 22.6. The molecule has 0 bridgehead atoms.